The van der Waals surface area contributed by atoms with Crippen LogP contribution in [0.5, 0.6) is 0 Å². The van der Waals surface area contributed by atoms with E-state index in [4.69, 9.17) is 0 Å². The minimum Gasteiger partial charge on any atom is -0.282 e. The van der Waals surface area contributed by atoms with Gasteiger partial charge < -0.3 is 0 Å². The molecule has 1 rings (SSSR count). The Hall–Kier alpha value is -0.830. The number of nitrogens with one attached hydrogen (secondary N) is 1. The van der Waals surface area contributed by atoms with Gasteiger partial charge in [-0.2, -0.15) is 5.10 Å². The SMILES string of the molecule is C[N+](C)(C)c1c[c]n[nH]1. The first-order valence-corrected chi connectivity index (χ1v) is 2.84. The van der Waals surface area contributed by atoms with Crippen molar-refractivity contribution in [3.63, 3.8) is 0 Å². The van der Waals surface area contributed by atoms with Crippen molar-refractivity contribution in [1.29, 1.82) is 0 Å². The average Bonchev–Trinajstić information content (AvgIpc) is 2.08. The largest absolute Gasteiger partial charge is 0.282 e. The molecule has 1 radical (unpaired) electrons. The molecule has 1 N–H and O–H groups in total. The lowest BCUT2D eigenvalue weighted by molar-refractivity contribution is 0.472. The van der Waals surface area contributed by atoms with Crippen LogP contribution in [0.3, 0.4) is 0 Å². The van der Waals surface area contributed by atoms with Gasteiger partial charge in [0.15, 0.2) is 0 Å². The molecule has 3 heteroatoms. The standard InChI is InChI=1S/C6H11N3/c1-9(2,3)6-4-5-7-8-6/h4H,1-3H3,(H,7,8)/q+1. The molecule has 0 saturated heterocycles. The van der Waals surface area contributed by atoms with Crippen LogP contribution in [-0.2, 0) is 0 Å². The van der Waals surface area contributed by atoms with E-state index in [9.17, 15) is 0 Å². The number of hydrogen-bond donors (Lipinski definition) is 1. The molecule has 0 aromatic carbocycles. The molecule has 0 unspecified atom stereocenters. The van der Waals surface area contributed by atoms with Crippen LogP contribution < -0.4 is 4.48 Å². The van der Waals surface area contributed by atoms with Crippen molar-refractivity contribution < 1.29 is 0 Å². The molecule has 9 heavy (non-hydrogen) atoms. The van der Waals surface area contributed by atoms with Gasteiger partial charge >= 0.3 is 0 Å². The van der Waals surface area contributed by atoms with Crippen LogP contribution in [-0.4, -0.2) is 31.3 Å². The molecular weight excluding hydrogens is 114 g/mol. The van der Waals surface area contributed by atoms with Crippen molar-refractivity contribution >= 4 is 5.82 Å². The fourth-order valence-electron chi connectivity index (χ4n) is 0.559. The van der Waals surface area contributed by atoms with Gasteiger partial charge in [0, 0.05) is 6.07 Å². The van der Waals surface area contributed by atoms with Crippen LogP contribution in [0.1, 0.15) is 0 Å². The summed E-state index contributed by atoms with van der Waals surface area (Å²) in [6.07, 6.45) is 2.72. The third kappa shape index (κ3) is 1.29. The number of rotatable bonds is 1. The smallest absolute Gasteiger partial charge is 0.223 e. The number of quaternary nitrogens is 1. The highest BCUT2D eigenvalue weighted by Gasteiger charge is 2.11. The Kier molecular flexibility index (Phi) is 1.29. The summed E-state index contributed by atoms with van der Waals surface area (Å²) in [6.45, 7) is 0. The van der Waals surface area contributed by atoms with Crippen molar-refractivity contribution in [2.45, 2.75) is 0 Å². The summed E-state index contributed by atoms with van der Waals surface area (Å²) in [6, 6.07) is 1.85. The highest BCUT2D eigenvalue weighted by molar-refractivity contribution is 5.28. The van der Waals surface area contributed by atoms with E-state index >= 15 is 0 Å². The van der Waals surface area contributed by atoms with Gasteiger partial charge in [-0.15, -0.1) is 0 Å². The van der Waals surface area contributed by atoms with Crippen molar-refractivity contribution in [2.75, 3.05) is 21.1 Å². The first-order valence-electron chi connectivity index (χ1n) is 2.84. The summed E-state index contributed by atoms with van der Waals surface area (Å²) in [4.78, 5) is 0. The highest BCUT2D eigenvalue weighted by Crippen LogP contribution is 2.08. The summed E-state index contributed by atoms with van der Waals surface area (Å²) in [7, 11) is 6.21. The molecular formula is C6H11N3+. The third-order valence-corrected chi connectivity index (χ3v) is 1.16. The average molecular weight is 125 g/mol. The van der Waals surface area contributed by atoms with Crippen LogP contribution in [0.2, 0.25) is 0 Å². The number of nitrogens with zero attached hydrogens (tertiary/aromatic N) is 2. The minimum atomic E-state index is 0.760. The van der Waals surface area contributed by atoms with Gasteiger partial charge in [0.1, 0.15) is 6.20 Å². The molecule has 0 atom stereocenters. The maximum atomic E-state index is 3.72. The normalized spacial score (nSPS) is 11.9. The van der Waals surface area contributed by atoms with Crippen LogP contribution >= 0.6 is 0 Å². The second-order valence-electron chi connectivity index (χ2n) is 2.89. The number of hydrogen-bond acceptors (Lipinski definition) is 1. The van der Waals surface area contributed by atoms with Crippen LogP contribution in [0, 0.1) is 6.20 Å². The van der Waals surface area contributed by atoms with E-state index in [1.807, 2.05) is 6.07 Å². The topological polar surface area (TPSA) is 28.7 Å². The molecule has 0 aliphatic heterocycles. The van der Waals surface area contributed by atoms with Crippen LogP contribution in [0.15, 0.2) is 6.07 Å². The van der Waals surface area contributed by atoms with E-state index in [2.05, 4.69) is 37.5 Å². The van der Waals surface area contributed by atoms with Crippen molar-refractivity contribution in [2.24, 2.45) is 0 Å². The van der Waals surface area contributed by atoms with E-state index in [0.29, 0.717) is 0 Å². The Labute approximate surface area is 54.9 Å². The molecule has 0 aliphatic rings. The van der Waals surface area contributed by atoms with E-state index in [0.717, 1.165) is 10.3 Å². The van der Waals surface area contributed by atoms with E-state index in [1.54, 1.807) is 0 Å². The Bertz CT molecular complexity index is 171. The molecule has 0 spiro atoms. The van der Waals surface area contributed by atoms with Crippen molar-refractivity contribution in [1.82, 2.24) is 14.7 Å². The number of aromatic nitrogens is 2. The monoisotopic (exact) mass is 125 g/mol. The molecule has 0 fully saturated rings. The molecule has 3 nitrogen and oxygen atoms in total. The first kappa shape index (κ1) is 6.29. The highest BCUT2D eigenvalue weighted by atomic mass is 15.4. The summed E-state index contributed by atoms with van der Waals surface area (Å²) < 4.78 is 0.760. The van der Waals surface area contributed by atoms with Crippen LogP contribution in [0.25, 0.3) is 0 Å². The van der Waals surface area contributed by atoms with E-state index in [1.165, 1.54) is 0 Å². The predicted octanol–water partition coefficient (Wildman–Crippen LogP) is 0.407. The Morgan fingerprint density at radius 2 is 2.22 bits per heavy atom. The minimum absolute atomic E-state index is 0.760. The van der Waals surface area contributed by atoms with Crippen molar-refractivity contribution in [3.8, 4) is 0 Å². The zero-order valence-electron chi connectivity index (χ0n) is 5.97. The second kappa shape index (κ2) is 1.84. The quantitative estimate of drug-likeness (QED) is 0.541. The van der Waals surface area contributed by atoms with Gasteiger partial charge in [-0.3, -0.25) is 4.48 Å². The molecule has 0 saturated carbocycles. The number of aromatic amines is 1. The van der Waals surface area contributed by atoms with E-state index in [-0.39, 0.29) is 0 Å². The van der Waals surface area contributed by atoms with Gasteiger partial charge in [0.2, 0.25) is 5.82 Å². The van der Waals surface area contributed by atoms with Crippen LogP contribution in [0.4, 0.5) is 5.82 Å². The molecule has 49 valence electrons. The Morgan fingerprint density at radius 3 is 2.44 bits per heavy atom. The zero-order valence-corrected chi connectivity index (χ0v) is 5.97. The summed E-state index contributed by atoms with van der Waals surface area (Å²) in [5.74, 6) is 1.06. The maximum Gasteiger partial charge on any atom is 0.223 e. The van der Waals surface area contributed by atoms with E-state index < -0.39 is 0 Å². The second-order valence-corrected chi connectivity index (χ2v) is 2.89. The summed E-state index contributed by atoms with van der Waals surface area (Å²) >= 11 is 0. The Balaban J connectivity index is 2.90. The number of H-pyrrole nitrogens is 1. The van der Waals surface area contributed by atoms with Gasteiger partial charge in [0.05, 0.1) is 21.1 Å². The fourth-order valence-corrected chi connectivity index (χ4v) is 0.559. The molecule has 1 heterocycles. The molecule has 1 aromatic heterocycles. The lowest BCUT2D eigenvalue weighted by Crippen LogP contribution is -2.35. The molecule has 0 amide bonds. The molecule has 1 aromatic rings. The zero-order chi connectivity index (χ0) is 6.91. The fraction of sp³-hybridized carbons (Fsp3) is 0.500. The third-order valence-electron chi connectivity index (χ3n) is 1.16. The van der Waals surface area contributed by atoms with Gasteiger partial charge in [0.25, 0.3) is 0 Å². The van der Waals surface area contributed by atoms with Gasteiger partial charge in [-0.05, 0) is 0 Å². The lowest BCUT2D eigenvalue weighted by atomic mass is 10.5. The maximum absolute atomic E-state index is 3.72. The summed E-state index contributed by atoms with van der Waals surface area (Å²) in [5.41, 5.74) is 0. The van der Waals surface area contributed by atoms with Gasteiger partial charge in [-0.1, -0.05) is 0 Å². The predicted molar refractivity (Wildman–Crippen MR) is 37.0 cm³/mol. The lowest BCUT2D eigenvalue weighted by Gasteiger charge is -2.19. The molecule has 0 aliphatic carbocycles. The molecule has 0 bridgehead atoms. The first-order chi connectivity index (χ1) is 4.11. The summed E-state index contributed by atoms with van der Waals surface area (Å²) in [5, 5.41) is 6.57. The Morgan fingerprint density at radius 1 is 1.56 bits per heavy atom. The van der Waals surface area contributed by atoms with Gasteiger partial charge in [-0.25, -0.2) is 5.10 Å². The van der Waals surface area contributed by atoms with Crippen molar-refractivity contribution in [3.05, 3.63) is 12.3 Å².